The Morgan fingerprint density at radius 3 is 2.75 bits per heavy atom. The number of carbonyl (C=O) groups is 2. The molecule has 0 radical (unpaired) electrons. The van der Waals surface area contributed by atoms with E-state index in [1.807, 2.05) is 48.5 Å². The fourth-order valence-electron chi connectivity index (χ4n) is 5.41. The van der Waals surface area contributed by atoms with Crippen LogP contribution in [-0.4, -0.2) is 42.0 Å². The van der Waals surface area contributed by atoms with E-state index in [1.54, 1.807) is 6.07 Å². The maximum Gasteiger partial charge on any atom is 0.331 e. The first-order valence-electron chi connectivity index (χ1n) is 12.6. The van der Waals surface area contributed by atoms with E-state index < -0.39 is 5.54 Å². The number of piperidine rings is 1. The van der Waals surface area contributed by atoms with E-state index in [2.05, 4.69) is 16.3 Å². The van der Waals surface area contributed by atoms with E-state index in [4.69, 9.17) is 4.74 Å². The highest BCUT2D eigenvalue weighted by Crippen LogP contribution is 2.39. The summed E-state index contributed by atoms with van der Waals surface area (Å²) in [5.74, 6) is 0.436. The van der Waals surface area contributed by atoms with Crippen LogP contribution < -0.4 is 5.32 Å². The summed E-state index contributed by atoms with van der Waals surface area (Å²) in [6.07, 6.45) is 4.31. The molecule has 0 amide bonds. The number of phenolic OH excluding ortho intramolecular Hbond substituents is 1. The molecule has 7 heteroatoms. The lowest BCUT2D eigenvalue weighted by Gasteiger charge is -2.33. The summed E-state index contributed by atoms with van der Waals surface area (Å²) >= 11 is 1.44. The van der Waals surface area contributed by atoms with Crippen molar-refractivity contribution < 1.29 is 19.4 Å². The summed E-state index contributed by atoms with van der Waals surface area (Å²) in [4.78, 5) is 28.8. The standard InChI is InChI=1S/C29H32N2O4S/c32-19-26-9-8-25(36-26)17-30-29(13-10-23-5-1-2-7-27(23)29)28(34)35-20-21-11-14-31(15-12-21)18-22-4-3-6-24(33)16-22/h1-9,16,19,21,30,33H,10-15,17-18,20H2. The highest BCUT2D eigenvalue weighted by Gasteiger charge is 2.46. The van der Waals surface area contributed by atoms with Crippen LogP contribution in [0.4, 0.5) is 0 Å². The number of thiophene rings is 1. The van der Waals surface area contributed by atoms with Gasteiger partial charge in [0.2, 0.25) is 0 Å². The lowest BCUT2D eigenvalue weighted by molar-refractivity contribution is -0.154. The van der Waals surface area contributed by atoms with Gasteiger partial charge in [-0.15, -0.1) is 11.3 Å². The molecule has 2 heterocycles. The second-order valence-corrected chi connectivity index (χ2v) is 11.0. The molecule has 0 spiro atoms. The Kier molecular flexibility index (Phi) is 7.51. The van der Waals surface area contributed by atoms with Gasteiger partial charge in [0.05, 0.1) is 11.5 Å². The van der Waals surface area contributed by atoms with Gasteiger partial charge in [0, 0.05) is 18.0 Å². The number of fused-ring (bicyclic) bond motifs is 1. The monoisotopic (exact) mass is 504 g/mol. The lowest BCUT2D eigenvalue weighted by atomic mass is 9.91. The molecule has 1 fully saturated rings. The average Bonchev–Trinajstić information content (AvgIpc) is 3.52. The van der Waals surface area contributed by atoms with E-state index in [0.29, 0.717) is 36.1 Å². The molecule has 188 valence electrons. The smallest absolute Gasteiger partial charge is 0.331 e. The second-order valence-electron chi connectivity index (χ2n) is 9.83. The Labute approximate surface area is 215 Å². The third kappa shape index (κ3) is 5.38. The molecule has 0 bridgehead atoms. The number of likely N-dealkylation sites (tertiary alicyclic amines) is 1. The molecule has 2 aromatic carbocycles. The van der Waals surface area contributed by atoms with Crippen molar-refractivity contribution >= 4 is 23.6 Å². The van der Waals surface area contributed by atoms with Crippen molar-refractivity contribution in [3.8, 4) is 5.75 Å². The van der Waals surface area contributed by atoms with Gasteiger partial charge >= 0.3 is 5.97 Å². The summed E-state index contributed by atoms with van der Waals surface area (Å²) in [7, 11) is 0. The van der Waals surface area contributed by atoms with E-state index in [-0.39, 0.29) is 5.97 Å². The maximum atomic E-state index is 13.6. The van der Waals surface area contributed by atoms with Gasteiger partial charge in [-0.25, -0.2) is 4.79 Å². The largest absolute Gasteiger partial charge is 0.508 e. The number of benzene rings is 2. The predicted molar refractivity (Wildman–Crippen MR) is 140 cm³/mol. The number of carbonyl (C=O) groups excluding carboxylic acids is 2. The number of hydrogen-bond acceptors (Lipinski definition) is 7. The first-order valence-corrected chi connectivity index (χ1v) is 13.4. The Bertz CT molecular complexity index is 1220. The molecule has 1 aliphatic carbocycles. The van der Waals surface area contributed by atoms with Crippen LogP contribution in [0.2, 0.25) is 0 Å². The van der Waals surface area contributed by atoms with Crippen LogP contribution in [0.15, 0.2) is 60.7 Å². The quantitative estimate of drug-likeness (QED) is 0.326. The number of esters is 1. The van der Waals surface area contributed by atoms with E-state index >= 15 is 0 Å². The normalized spacial score (nSPS) is 20.2. The molecule has 1 saturated heterocycles. The first kappa shape index (κ1) is 24.7. The molecule has 5 rings (SSSR count). The number of aromatic hydroxyl groups is 1. The fraction of sp³-hybridized carbons (Fsp3) is 0.379. The van der Waals surface area contributed by atoms with Crippen molar-refractivity contribution in [1.29, 1.82) is 0 Å². The van der Waals surface area contributed by atoms with Crippen molar-refractivity contribution in [2.24, 2.45) is 5.92 Å². The summed E-state index contributed by atoms with van der Waals surface area (Å²) in [6, 6.07) is 19.3. The lowest BCUT2D eigenvalue weighted by Crippen LogP contribution is -2.48. The molecule has 1 atom stereocenters. The van der Waals surface area contributed by atoms with Gasteiger partial charge in [-0.05, 0) is 85.6 Å². The van der Waals surface area contributed by atoms with Crippen molar-refractivity contribution in [1.82, 2.24) is 10.2 Å². The van der Waals surface area contributed by atoms with Gasteiger partial charge in [0.25, 0.3) is 0 Å². The van der Waals surface area contributed by atoms with E-state index in [9.17, 15) is 14.7 Å². The highest BCUT2D eigenvalue weighted by atomic mass is 32.1. The molecule has 1 aliphatic heterocycles. The summed E-state index contributed by atoms with van der Waals surface area (Å²) in [5, 5.41) is 13.2. The van der Waals surface area contributed by atoms with Crippen LogP contribution in [0.5, 0.6) is 5.75 Å². The molecule has 6 nitrogen and oxygen atoms in total. The molecular weight excluding hydrogens is 472 g/mol. The van der Waals surface area contributed by atoms with Crippen molar-refractivity contribution in [2.45, 2.75) is 44.3 Å². The van der Waals surface area contributed by atoms with Crippen LogP contribution >= 0.6 is 11.3 Å². The minimum absolute atomic E-state index is 0.207. The Hall–Kier alpha value is -3.00. The topological polar surface area (TPSA) is 78.9 Å². The van der Waals surface area contributed by atoms with Crippen molar-refractivity contribution in [3.05, 3.63) is 87.1 Å². The average molecular weight is 505 g/mol. The van der Waals surface area contributed by atoms with E-state index in [0.717, 1.165) is 61.2 Å². The van der Waals surface area contributed by atoms with Gasteiger partial charge in [-0.2, -0.15) is 0 Å². The van der Waals surface area contributed by atoms with Crippen LogP contribution in [0.25, 0.3) is 0 Å². The number of aldehydes is 1. The van der Waals surface area contributed by atoms with Crippen LogP contribution in [0, 0.1) is 5.92 Å². The number of rotatable bonds is 9. The molecule has 1 aromatic heterocycles. The SMILES string of the molecule is O=Cc1ccc(CNC2(C(=O)OCC3CCN(Cc4cccc(O)c4)CC3)CCc3ccccc32)s1. The Morgan fingerprint density at radius 1 is 1.14 bits per heavy atom. The zero-order chi connectivity index (χ0) is 25.0. The number of nitrogens with zero attached hydrogens (tertiary/aromatic N) is 1. The maximum absolute atomic E-state index is 13.6. The van der Waals surface area contributed by atoms with Crippen LogP contribution in [0.1, 0.15) is 50.5 Å². The Morgan fingerprint density at radius 2 is 1.97 bits per heavy atom. The number of nitrogens with one attached hydrogen (secondary N) is 1. The minimum atomic E-state index is -0.863. The van der Waals surface area contributed by atoms with Crippen molar-refractivity contribution in [2.75, 3.05) is 19.7 Å². The first-order chi connectivity index (χ1) is 17.6. The third-order valence-electron chi connectivity index (χ3n) is 7.43. The zero-order valence-electron chi connectivity index (χ0n) is 20.3. The molecule has 2 aliphatic rings. The molecule has 3 aromatic rings. The van der Waals surface area contributed by atoms with Crippen LogP contribution in [0.3, 0.4) is 0 Å². The molecule has 1 unspecified atom stereocenters. The molecular formula is C29H32N2O4S. The van der Waals surface area contributed by atoms with E-state index in [1.165, 1.54) is 16.9 Å². The predicted octanol–water partition coefficient (Wildman–Crippen LogP) is 4.65. The Balaban J connectivity index is 1.20. The zero-order valence-corrected chi connectivity index (χ0v) is 21.1. The summed E-state index contributed by atoms with van der Waals surface area (Å²) in [5.41, 5.74) is 2.43. The molecule has 0 saturated carbocycles. The van der Waals surface area contributed by atoms with Crippen molar-refractivity contribution in [3.63, 3.8) is 0 Å². The van der Waals surface area contributed by atoms with Gasteiger partial charge < -0.3 is 9.84 Å². The molecule has 2 N–H and O–H groups in total. The van der Waals surface area contributed by atoms with Gasteiger partial charge in [-0.3, -0.25) is 15.0 Å². The fourth-order valence-corrected chi connectivity index (χ4v) is 6.18. The van der Waals surface area contributed by atoms with Gasteiger partial charge in [0.1, 0.15) is 11.3 Å². The number of hydrogen-bond donors (Lipinski definition) is 2. The van der Waals surface area contributed by atoms with Crippen LogP contribution in [-0.2, 0) is 34.6 Å². The third-order valence-corrected chi connectivity index (χ3v) is 8.44. The number of phenols is 1. The summed E-state index contributed by atoms with van der Waals surface area (Å²) in [6.45, 7) is 3.65. The minimum Gasteiger partial charge on any atom is -0.508 e. The van der Waals surface area contributed by atoms with Gasteiger partial charge in [-0.1, -0.05) is 36.4 Å². The summed E-state index contributed by atoms with van der Waals surface area (Å²) < 4.78 is 6.00. The molecule has 36 heavy (non-hydrogen) atoms. The highest BCUT2D eigenvalue weighted by molar-refractivity contribution is 7.13. The second kappa shape index (κ2) is 10.9. The van der Waals surface area contributed by atoms with Gasteiger partial charge in [0.15, 0.2) is 6.29 Å². The number of ether oxygens (including phenoxy) is 1. The number of aryl methyl sites for hydroxylation is 1.